The molecule has 62 valence electrons. The molecule has 1 heterocycles. The number of hydrogen-bond donors (Lipinski definition) is 0. The summed E-state index contributed by atoms with van der Waals surface area (Å²) in [5.41, 5.74) is 1.40. The number of nitrogens with zero attached hydrogens (tertiary/aromatic N) is 1. The summed E-state index contributed by atoms with van der Waals surface area (Å²) in [4.78, 5) is 0. The summed E-state index contributed by atoms with van der Waals surface area (Å²) in [6, 6.07) is 0. The fraction of sp³-hybridized carbons (Fsp3) is 0.667. The van der Waals surface area contributed by atoms with Gasteiger partial charge in [0.1, 0.15) is 6.54 Å². The van der Waals surface area contributed by atoms with E-state index in [1.165, 1.54) is 30.1 Å². The van der Waals surface area contributed by atoms with Gasteiger partial charge in [0.25, 0.3) is 0 Å². The monoisotopic (exact) mass is 170 g/mol. The van der Waals surface area contributed by atoms with E-state index in [-0.39, 0.29) is 0 Å². The number of aromatic nitrogens is 1. The Hall–Kier alpha value is -0.370. The molecule has 1 aromatic rings. The second kappa shape index (κ2) is 3.86. The van der Waals surface area contributed by atoms with Gasteiger partial charge >= 0.3 is 0 Å². The number of aryl methyl sites for hydroxylation is 2. The summed E-state index contributed by atoms with van der Waals surface area (Å²) in [6.45, 7) is 7.79. The van der Waals surface area contributed by atoms with Crippen LogP contribution in [0.3, 0.4) is 0 Å². The van der Waals surface area contributed by atoms with Gasteiger partial charge in [-0.25, -0.2) is 0 Å². The van der Waals surface area contributed by atoms with Crippen LogP contribution in [-0.4, -0.2) is 0 Å². The van der Waals surface area contributed by atoms with Crippen molar-refractivity contribution in [3.8, 4) is 0 Å². The van der Waals surface area contributed by atoms with Gasteiger partial charge in [-0.1, -0.05) is 24.7 Å². The number of thiazole rings is 1. The van der Waals surface area contributed by atoms with Crippen LogP contribution >= 0.6 is 11.3 Å². The summed E-state index contributed by atoms with van der Waals surface area (Å²) in [5, 5.41) is 3.65. The van der Waals surface area contributed by atoms with Crippen LogP contribution in [0.4, 0.5) is 0 Å². The second-order valence-electron chi connectivity index (χ2n) is 2.90. The maximum absolute atomic E-state index is 2.40. The Morgan fingerprint density at radius 2 is 2.18 bits per heavy atom. The summed E-state index contributed by atoms with van der Waals surface area (Å²) >= 11 is 1.84. The van der Waals surface area contributed by atoms with Gasteiger partial charge in [-0.2, -0.15) is 4.57 Å². The minimum Gasteiger partial charge on any atom is -0.191 e. The minimum absolute atomic E-state index is 1.19. The van der Waals surface area contributed by atoms with Crippen molar-refractivity contribution in [3.63, 3.8) is 0 Å². The molecular formula is C9H16NS+. The maximum Gasteiger partial charge on any atom is 0.234 e. The first kappa shape index (κ1) is 8.72. The third-order valence-corrected chi connectivity index (χ3v) is 2.96. The van der Waals surface area contributed by atoms with E-state index in [1.807, 2.05) is 11.3 Å². The Morgan fingerprint density at radius 3 is 2.64 bits per heavy atom. The van der Waals surface area contributed by atoms with Gasteiger partial charge in [0.05, 0.1) is 5.38 Å². The fourth-order valence-electron chi connectivity index (χ4n) is 1.20. The lowest BCUT2D eigenvalue weighted by atomic mass is 10.3. The number of rotatable bonds is 3. The molecule has 0 saturated carbocycles. The molecule has 0 aliphatic carbocycles. The van der Waals surface area contributed by atoms with Gasteiger partial charge < -0.3 is 0 Å². The zero-order valence-electron chi connectivity index (χ0n) is 7.55. The molecular weight excluding hydrogens is 154 g/mol. The predicted molar refractivity (Wildman–Crippen MR) is 48.9 cm³/mol. The molecule has 0 unspecified atom stereocenters. The first-order valence-electron chi connectivity index (χ1n) is 4.20. The van der Waals surface area contributed by atoms with E-state index in [1.54, 1.807) is 0 Å². The highest BCUT2D eigenvalue weighted by Gasteiger charge is 2.10. The normalized spacial score (nSPS) is 10.5. The van der Waals surface area contributed by atoms with E-state index < -0.39 is 0 Å². The molecule has 0 aromatic carbocycles. The van der Waals surface area contributed by atoms with Crippen molar-refractivity contribution in [3.05, 3.63) is 16.1 Å². The Morgan fingerprint density at radius 1 is 1.45 bits per heavy atom. The first-order valence-corrected chi connectivity index (χ1v) is 5.08. The fourth-order valence-corrected chi connectivity index (χ4v) is 2.03. The van der Waals surface area contributed by atoms with E-state index in [9.17, 15) is 0 Å². The van der Waals surface area contributed by atoms with Crippen molar-refractivity contribution in [2.75, 3.05) is 0 Å². The zero-order chi connectivity index (χ0) is 8.27. The molecule has 1 aromatic heterocycles. The topological polar surface area (TPSA) is 3.88 Å². The van der Waals surface area contributed by atoms with Gasteiger partial charge in [-0.15, -0.1) is 0 Å². The molecule has 0 fully saturated rings. The lowest BCUT2D eigenvalue weighted by molar-refractivity contribution is -0.703. The molecule has 0 aliphatic rings. The van der Waals surface area contributed by atoms with E-state index in [0.29, 0.717) is 0 Å². The molecule has 0 saturated heterocycles. The number of hydrogen-bond acceptors (Lipinski definition) is 1. The Kier molecular flexibility index (Phi) is 3.06. The molecule has 0 atom stereocenters. The van der Waals surface area contributed by atoms with Gasteiger partial charge in [0.15, 0.2) is 5.69 Å². The van der Waals surface area contributed by atoms with Crippen LogP contribution in [0.1, 0.15) is 30.5 Å². The van der Waals surface area contributed by atoms with Gasteiger partial charge in [0, 0.05) is 20.3 Å². The van der Waals surface area contributed by atoms with E-state index in [0.717, 1.165) is 0 Å². The average Bonchev–Trinajstić information content (AvgIpc) is 2.29. The van der Waals surface area contributed by atoms with E-state index >= 15 is 0 Å². The van der Waals surface area contributed by atoms with Crippen molar-refractivity contribution in [1.82, 2.24) is 0 Å². The third kappa shape index (κ3) is 2.03. The summed E-state index contributed by atoms with van der Waals surface area (Å²) in [5.74, 6) is 0. The lowest BCUT2D eigenvalue weighted by Gasteiger charge is -1.94. The molecule has 0 spiro atoms. The highest BCUT2D eigenvalue weighted by atomic mass is 32.1. The van der Waals surface area contributed by atoms with Crippen LogP contribution in [0.5, 0.6) is 0 Å². The molecule has 11 heavy (non-hydrogen) atoms. The van der Waals surface area contributed by atoms with Crippen molar-refractivity contribution < 1.29 is 4.57 Å². The van der Waals surface area contributed by atoms with Crippen LogP contribution in [0.15, 0.2) is 5.38 Å². The molecule has 1 rings (SSSR count). The van der Waals surface area contributed by atoms with Crippen LogP contribution in [0, 0.1) is 13.8 Å². The standard InChI is InChI=1S/C9H16NS/c1-4-5-6-10-8(2)7-11-9(10)3/h7H,4-6H2,1-3H3/q+1. The van der Waals surface area contributed by atoms with Crippen LogP contribution in [-0.2, 0) is 6.54 Å². The van der Waals surface area contributed by atoms with Crippen molar-refractivity contribution in [1.29, 1.82) is 0 Å². The molecule has 2 heteroatoms. The quantitative estimate of drug-likeness (QED) is 0.613. The summed E-state index contributed by atoms with van der Waals surface area (Å²) < 4.78 is 2.40. The molecule has 1 nitrogen and oxygen atoms in total. The van der Waals surface area contributed by atoms with Crippen LogP contribution in [0.25, 0.3) is 0 Å². The third-order valence-electron chi connectivity index (χ3n) is 1.94. The van der Waals surface area contributed by atoms with E-state index in [4.69, 9.17) is 0 Å². The van der Waals surface area contributed by atoms with Crippen LogP contribution in [0.2, 0.25) is 0 Å². The Balaban J connectivity index is 2.67. The molecule has 0 N–H and O–H groups in total. The van der Waals surface area contributed by atoms with Crippen molar-refractivity contribution in [2.45, 2.75) is 40.2 Å². The SMILES string of the molecule is CCCC[n+]1c(C)csc1C. The van der Waals surface area contributed by atoms with Crippen molar-refractivity contribution >= 4 is 11.3 Å². The second-order valence-corrected chi connectivity index (χ2v) is 3.96. The highest BCUT2D eigenvalue weighted by molar-refractivity contribution is 7.09. The Bertz CT molecular complexity index is 208. The molecule has 0 amide bonds. The zero-order valence-corrected chi connectivity index (χ0v) is 8.37. The van der Waals surface area contributed by atoms with Gasteiger partial charge in [0.2, 0.25) is 5.01 Å². The smallest absolute Gasteiger partial charge is 0.191 e. The highest BCUT2D eigenvalue weighted by Crippen LogP contribution is 2.05. The minimum atomic E-state index is 1.19. The molecule has 0 radical (unpaired) electrons. The van der Waals surface area contributed by atoms with Gasteiger partial charge in [-0.05, 0) is 0 Å². The number of unbranched alkanes of at least 4 members (excludes halogenated alkanes) is 1. The average molecular weight is 170 g/mol. The summed E-state index contributed by atoms with van der Waals surface area (Å²) in [6.07, 6.45) is 2.57. The lowest BCUT2D eigenvalue weighted by Crippen LogP contribution is -2.37. The largest absolute Gasteiger partial charge is 0.234 e. The maximum atomic E-state index is 2.40. The van der Waals surface area contributed by atoms with Crippen LogP contribution < -0.4 is 4.57 Å². The summed E-state index contributed by atoms with van der Waals surface area (Å²) in [7, 11) is 0. The molecule has 0 bridgehead atoms. The van der Waals surface area contributed by atoms with E-state index in [2.05, 4.69) is 30.7 Å². The predicted octanol–water partition coefficient (Wildman–Crippen LogP) is 2.45. The van der Waals surface area contributed by atoms with Gasteiger partial charge in [-0.3, -0.25) is 0 Å². The first-order chi connectivity index (χ1) is 5.25. The van der Waals surface area contributed by atoms with Crippen molar-refractivity contribution in [2.24, 2.45) is 0 Å². The Labute approximate surface area is 72.7 Å². The molecule has 0 aliphatic heterocycles.